The largest absolute Gasteiger partial charge is 0.477 e. The zero-order valence-corrected chi connectivity index (χ0v) is 17.0. The third kappa shape index (κ3) is 3.46. The van der Waals surface area contributed by atoms with E-state index in [-0.39, 0.29) is 30.4 Å². The zero-order valence-electron chi connectivity index (χ0n) is 17.0. The molecule has 1 amide bonds. The number of carbonyl (C=O) groups excluding carboxylic acids is 1. The Hall–Kier alpha value is -3.61. The Balaban J connectivity index is 1.29. The van der Waals surface area contributed by atoms with Gasteiger partial charge in [0.1, 0.15) is 12.3 Å². The number of benzene rings is 2. The van der Waals surface area contributed by atoms with E-state index in [1.54, 1.807) is 4.90 Å². The van der Waals surface area contributed by atoms with Gasteiger partial charge in [-0.25, -0.2) is 9.59 Å². The van der Waals surface area contributed by atoms with Gasteiger partial charge in [0.05, 0.1) is 6.04 Å². The van der Waals surface area contributed by atoms with Gasteiger partial charge in [0.2, 0.25) is 0 Å². The standard InChI is InChI=1S/C24H23N3O4/c28-23(29)22-11-12-25-27(22)16-6-5-13-26(14-16)24(30)31-15-21-19-9-3-1-7-17(19)18-8-2-4-10-20(18)21/h1-4,7-12,16,21H,5-6,13-15H2,(H,28,29). The topological polar surface area (TPSA) is 84.7 Å². The summed E-state index contributed by atoms with van der Waals surface area (Å²) >= 11 is 0. The molecule has 2 aliphatic rings. The molecule has 31 heavy (non-hydrogen) atoms. The molecule has 1 aliphatic carbocycles. The summed E-state index contributed by atoms with van der Waals surface area (Å²) in [6.45, 7) is 1.26. The van der Waals surface area contributed by atoms with Gasteiger partial charge in [-0.1, -0.05) is 48.5 Å². The van der Waals surface area contributed by atoms with Crippen LogP contribution in [0.1, 0.15) is 46.4 Å². The van der Waals surface area contributed by atoms with E-state index in [4.69, 9.17) is 4.74 Å². The Kier molecular flexibility index (Phi) is 4.94. The molecule has 1 N–H and O–H groups in total. The monoisotopic (exact) mass is 417 g/mol. The fourth-order valence-corrected chi connectivity index (χ4v) is 4.78. The molecule has 0 saturated carbocycles. The normalized spacial score (nSPS) is 17.8. The molecule has 7 heteroatoms. The van der Waals surface area contributed by atoms with Crippen molar-refractivity contribution in [3.63, 3.8) is 0 Å². The fourth-order valence-electron chi connectivity index (χ4n) is 4.78. The van der Waals surface area contributed by atoms with E-state index < -0.39 is 5.97 Å². The van der Waals surface area contributed by atoms with E-state index in [0.29, 0.717) is 13.1 Å². The van der Waals surface area contributed by atoms with Gasteiger partial charge < -0.3 is 14.7 Å². The lowest BCUT2D eigenvalue weighted by molar-refractivity contribution is 0.0665. The van der Waals surface area contributed by atoms with Crippen molar-refractivity contribution in [3.05, 3.63) is 77.6 Å². The maximum Gasteiger partial charge on any atom is 0.409 e. The predicted molar refractivity (Wildman–Crippen MR) is 114 cm³/mol. The van der Waals surface area contributed by atoms with Crippen molar-refractivity contribution in [2.45, 2.75) is 24.8 Å². The van der Waals surface area contributed by atoms with Crippen LogP contribution in [0.2, 0.25) is 0 Å². The Labute approximate surface area is 179 Å². The highest BCUT2D eigenvalue weighted by Crippen LogP contribution is 2.44. The van der Waals surface area contributed by atoms with Crippen molar-refractivity contribution in [2.24, 2.45) is 0 Å². The van der Waals surface area contributed by atoms with E-state index >= 15 is 0 Å². The Morgan fingerprint density at radius 1 is 1.03 bits per heavy atom. The van der Waals surface area contributed by atoms with Gasteiger partial charge in [-0.3, -0.25) is 4.68 Å². The molecule has 0 bridgehead atoms. The Bertz CT molecular complexity index is 1090. The number of carboxylic acids is 1. The number of fused-ring (bicyclic) bond motifs is 3. The SMILES string of the molecule is O=C(O)c1ccnn1C1CCCN(C(=O)OCC2c3ccccc3-c3ccccc32)C1. The van der Waals surface area contributed by atoms with Gasteiger partial charge in [0, 0.05) is 25.2 Å². The second kappa shape index (κ2) is 7.91. The van der Waals surface area contributed by atoms with Gasteiger partial charge in [0.15, 0.2) is 0 Å². The van der Waals surface area contributed by atoms with Crippen LogP contribution in [-0.4, -0.2) is 51.5 Å². The highest BCUT2D eigenvalue weighted by Gasteiger charge is 2.32. The molecule has 1 aliphatic heterocycles. The van der Waals surface area contributed by atoms with E-state index in [1.165, 1.54) is 39.2 Å². The summed E-state index contributed by atoms with van der Waals surface area (Å²) in [5.74, 6) is -1.00. The summed E-state index contributed by atoms with van der Waals surface area (Å²) in [5.41, 5.74) is 4.87. The Morgan fingerprint density at radius 2 is 1.71 bits per heavy atom. The number of nitrogens with zero attached hydrogens (tertiary/aromatic N) is 3. The second-order valence-electron chi connectivity index (χ2n) is 8.01. The smallest absolute Gasteiger partial charge is 0.409 e. The van der Waals surface area contributed by atoms with Crippen LogP contribution in [0.15, 0.2) is 60.8 Å². The minimum atomic E-state index is -1.02. The minimum absolute atomic E-state index is 0.0154. The number of hydrogen-bond donors (Lipinski definition) is 1. The molecule has 1 fully saturated rings. The number of carboxylic acid groups (broad SMARTS) is 1. The number of amides is 1. The lowest BCUT2D eigenvalue weighted by atomic mass is 9.98. The van der Waals surface area contributed by atoms with E-state index in [2.05, 4.69) is 29.4 Å². The zero-order chi connectivity index (χ0) is 21.4. The van der Waals surface area contributed by atoms with E-state index in [0.717, 1.165) is 12.8 Å². The van der Waals surface area contributed by atoms with Crippen LogP contribution >= 0.6 is 0 Å². The van der Waals surface area contributed by atoms with Gasteiger partial charge in [-0.05, 0) is 41.2 Å². The first-order chi connectivity index (χ1) is 15.1. The number of piperidine rings is 1. The summed E-state index contributed by atoms with van der Waals surface area (Å²) in [5, 5.41) is 13.5. The molecule has 1 unspecified atom stereocenters. The molecule has 0 radical (unpaired) electrons. The van der Waals surface area contributed by atoms with Crippen molar-refractivity contribution >= 4 is 12.1 Å². The number of rotatable bonds is 4. The maximum atomic E-state index is 12.9. The molecule has 0 spiro atoms. The third-order valence-electron chi connectivity index (χ3n) is 6.23. The summed E-state index contributed by atoms with van der Waals surface area (Å²) in [6, 6.07) is 17.8. The molecule has 1 saturated heterocycles. The molecular formula is C24H23N3O4. The molecule has 2 aromatic carbocycles. The number of aromatic carboxylic acids is 1. The van der Waals surface area contributed by atoms with Crippen LogP contribution in [-0.2, 0) is 4.74 Å². The van der Waals surface area contributed by atoms with Crippen LogP contribution in [0.4, 0.5) is 4.79 Å². The molecule has 1 atom stereocenters. The maximum absolute atomic E-state index is 12.9. The van der Waals surface area contributed by atoms with Gasteiger partial charge in [-0.15, -0.1) is 0 Å². The van der Waals surface area contributed by atoms with E-state index in [1.807, 2.05) is 24.3 Å². The number of likely N-dealkylation sites (tertiary alicyclic amines) is 1. The number of carbonyl (C=O) groups is 2. The fraction of sp³-hybridized carbons (Fsp3) is 0.292. The predicted octanol–water partition coefficient (Wildman–Crippen LogP) is 4.17. The van der Waals surface area contributed by atoms with Crippen LogP contribution < -0.4 is 0 Å². The summed E-state index contributed by atoms with van der Waals surface area (Å²) < 4.78 is 7.27. The first kappa shape index (κ1) is 19.4. The highest BCUT2D eigenvalue weighted by molar-refractivity contribution is 5.85. The van der Waals surface area contributed by atoms with Gasteiger partial charge >= 0.3 is 12.1 Å². The van der Waals surface area contributed by atoms with E-state index in [9.17, 15) is 14.7 Å². The first-order valence-electron chi connectivity index (χ1n) is 10.5. The summed E-state index contributed by atoms with van der Waals surface area (Å²) in [4.78, 5) is 26.0. The van der Waals surface area contributed by atoms with Crippen molar-refractivity contribution in [1.82, 2.24) is 14.7 Å². The molecule has 3 aromatic rings. The number of ether oxygens (including phenoxy) is 1. The van der Waals surface area contributed by atoms with Crippen molar-refractivity contribution in [1.29, 1.82) is 0 Å². The number of aromatic nitrogens is 2. The summed E-state index contributed by atoms with van der Waals surface area (Å²) in [6.07, 6.45) is 2.66. The summed E-state index contributed by atoms with van der Waals surface area (Å²) in [7, 11) is 0. The third-order valence-corrected chi connectivity index (χ3v) is 6.23. The van der Waals surface area contributed by atoms with Crippen molar-refractivity contribution in [3.8, 4) is 11.1 Å². The average Bonchev–Trinajstić information content (AvgIpc) is 3.41. The lowest BCUT2D eigenvalue weighted by Crippen LogP contribution is -2.42. The molecule has 7 nitrogen and oxygen atoms in total. The lowest BCUT2D eigenvalue weighted by Gasteiger charge is -2.32. The second-order valence-corrected chi connectivity index (χ2v) is 8.01. The highest BCUT2D eigenvalue weighted by atomic mass is 16.6. The molecular weight excluding hydrogens is 394 g/mol. The Morgan fingerprint density at radius 3 is 2.39 bits per heavy atom. The average molecular weight is 417 g/mol. The number of hydrogen-bond acceptors (Lipinski definition) is 4. The van der Waals surface area contributed by atoms with Crippen LogP contribution in [0.3, 0.4) is 0 Å². The minimum Gasteiger partial charge on any atom is -0.477 e. The van der Waals surface area contributed by atoms with Crippen molar-refractivity contribution in [2.75, 3.05) is 19.7 Å². The first-order valence-corrected chi connectivity index (χ1v) is 10.5. The van der Waals surface area contributed by atoms with Crippen LogP contribution in [0, 0.1) is 0 Å². The molecule has 5 rings (SSSR count). The van der Waals surface area contributed by atoms with Crippen LogP contribution in [0.5, 0.6) is 0 Å². The van der Waals surface area contributed by atoms with Gasteiger partial charge in [0.25, 0.3) is 0 Å². The quantitative estimate of drug-likeness (QED) is 0.689. The van der Waals surface area contributed by atoms with Gasteiger partial charge in [-0.2, -0.15) is 5.10 Å². The molecule has 1 aromatic heterocycles. The van der Waals surface area contributed by atoms with Crippen LogP contribution in [0.25, 0.3) is 11.1 Å². The van der Waals surface area contributed by atoms with Crippen molar-refractivity contribution < 1.29 is 19.4 Å². The molecule has 158 valence electrons. The molecule has 2 heterocycles.